The first kappa shape index (κ1) is 15.1. The van der Waals surface area contributed by atoms with E-state index in [0.29, 0.717) is 19.8 Å². The first-order chi connectivity index (χ1) is 9.43. The lowest BCUT2D eigenvalue weighted by Crippen LogP contribution is -2.49. The Morgan fingerprint density at radius 3 is 2.55 bits per heavy atom. The molecule has 0 N–H and O–H groups in total. The van der Waals surface area contributed by atoms with Gasteiger partial charge in [0, 0.05) is 18.0 Å². The lowest BCUT2D eigenvalue weighted by atomic mass is 10.1. The highest BCUT2D eigenvalue weighted by Crippen LogP contribution is 2.29. The minimum Gasteiger partial charge on any atom is -0.377 e. The fourth-order valence-corrected chi connectivity index (χ4v) is 2.27. The summed E-state index contributed by atoms with van der Waals surface area (Å²) in [6.07, 6.45) is -4.40. The van der Waals surface area contributed by atoms with Gasteiger partial charge in [-0.3, -0.25) is 4.79 Å². The van der Waals surface area contributed by atoms with Crippen LogP contribution in [0.1, 0.15) is 15.9 Å². The van der Waals surface area contributed by atoms with Crippen LogP contribution in [0.2, 0.25) is 0 Å². The molecule has 0 radical (unpaired) electrons. The van der Waals surface area contributed by atoms with Gasteiger partial charge >= 0.3 is 6.18 Å². The third-order valence-corrected chi connectivity index (χ3v) is 3.48. The van der Waals surface area contributed by atoms with Crippen LogP contribution in [0.15, 0.2) is 24.3 Å². The van der Waals surface area contributed by atoms with Crippen LogP contribution in [-0.2, 0) is 10.9 Å². The monoisotopic (exact) mass is 307 g/mol. The van der Waals surface area contributed by atoms with Crippen LogP contribution in [0.3, 0.4) is 0 Å². The van der Waals surface area contributed by atoms with Crippen molar-refractivity contribution in [2.45, 2.75) is 12.2 Å². The van der Waals surface area contributed by atoms with Crippen LogP contribution in [-0.4, -0.2) is 42.5 Å². The van der Waals surface area contributed by atoms with Crippen molar-refractivity contribution in [1.29, 1.82) is 0 Å². The predicted molar refractivity (Wildman–Crippen MR) is 67.8 cm³/mol. The van der Waals surface area contributed by atoms with Crippen molar-refractivity contribution in [1.82, 2.24) is 4.90 Å². The van der Waals surface area contributed by atoms with Gasteiger partial charge in [-0.05, 0) is 24.3 Å². The molecule has 1 unspecified atom stereocenters. The number of hydrogen-bond acceptors (Lipinski definition) is 2. The maximum absolute atomic E-state index is 12.5. The smallest absolute Gasteiger partial charge is 0.377 e. The highest BCUT2D eigenvalue weighted by atomic mass is 35.5. The van der Waals surface area contributed by atoms with Gasteiger partial charge in [-0.2, -0.15) is 13.2 Å². The van der Waals surface area contributed by atoms with E-state index in [1.54, 1.807) is 4.90 Å². The average molecular weight is 308 g/mol. The minimum atomic E-state index is -4.40. The largest absolute Gasteiger partial charge is 0.416 e. The summed E-state index contributed by atoms with van der Waals surface area (Å²) in [5.41, 5.74) is -0.556. The van der Waals surface area contributed by atoms with Gasteiger partial charge in [0.2, 0.25) is 0 Å². The molecule has 1 amide bonds. The SMILES string of the molecule is O=C(c1ccc(C(F)(F)F)cc1)N1CCOCC1CCl. The Morgan fingerprint density at radius 1 is 1.35 bits per heavy atom. The van der Waals surface area contributed by atoms with Crippen LogP contribution in [0.25, 0.3) is 0 Å². The number of alkyl halides is 4. The van der Waals surface area contributed by atoms with Crippen LogP contribution in [0.4, 0.5) is 13.2 Å². The number of carbonyl (C=O) groups is 1. The van der Waals surface area contributed by atoms with Crippen molar-refractivity contribution < 1.29 is 22.7 Å². The molecule has 1 aromatic rings. The molecule has 1 saturated heterocycles. The van der Waals surface area contributed by atoms with Crippen LogP contribution in [0.5, 0.6) is 0 Å². The molecular formula is C13H13ClF3NO2. The van der Waals surface area contributed by atoms with E-state index < -0.39 is 11.7 Å². The van der Waals surface area contributed by atoms with Crippen LogP contribution >= 0.6 is 11.6 Å². The summed E-state index contributed by atoms with van der Waals surface area (Å²) >= 11 is 5.77. The van der Waals surface area contributed by atoms with Gasteiger partial charge in [0.05, 0.1) is 24.8 Å². The van der Waals surface area contributed by atoms with Crippen molar-refractivity contribution in [3.63, 3.8) is 0 Å². The molecule has 0 aliphatic carbocycles. The topological polar surface area (TPSA) is 29.5 Å². The highest BCUT2D eigenvalue weighted by molar-refractivity contribution is 6.18. The summed E-state index contributed by atoms with van der Waals surface area (Å²) in [5, 5.41) is 0. The lowest BCUT2D eigenvalue weighted by molar-refractivity contribution is -0.137. The van der Waals surface area contributed by atoms with Gasteiger partial charge in [-0.15, -0.1) is 11.6 Å². The van der Waals surface area contributed by atoms with E-state index >= 15 is 0 Å². The van der Waals surface area contributed by atoms with Gasteiger partial charge in [0.1, 0.15) is 0 Å². The first-order valence-corrected chi connectivity index (χ1v) is 6.59. The van der Waals surface area contributed by atoms with Crippen molar-refractivity contribution in [2.24, 2.45) is 0 Å². The molecule has 110 valence electrons. The molecule has 20 heavy (non-hydrogen) atoms. The molecule has 1 heterocycles. The zero-order chi connectivity index (χ0) is 14.8. The van der Waals surface area contributed by atoms with Crippen molar-refractivity contribution in [3.8, 4) is 0 Å². The summed E-state index contributed by atoms with van der Waals surface area (Å²) in [5.74, 6) is -0.0977. The molecule has 7 heteroatoms. The molecule has 3 nitrogen and oxygen atoms in total. The van der Waals surface area contributed by atoms with Gasteiger partial charge in [0.25, 0.3) is 5.91 Å². The zero-order valence-corrected chi connectivity index (χ0v) is 11.2. The number of carbonyl (C=O) groups excluding carboxylic acids is 1. The Kier molecular flexibility index (Phi) is 4.55. The van der Waals surface area contributed by atoms with E-state index in [1.807, 2.05) is 0 Å². The Morgan fingerprint density at radius 2 is 2.00 bits per heavy atom. The molecule has 0 spiro atoms. The second kappa shape index (κ2) is 6.01. The quantitative estimate of drug-likeness (QED) is 0.786. The van der Waals surface area contributed by atoms with Gasteiger partial charge < -0.3 is 9.64 Å². The van der Waals surface area contributed by atoms with E-state index in [-0.39, 0.29) is 23.4 Å². The zero-order valence-electron chi connectivity index (χ0n) is 10.5. The molecular weight excluding hydrogens is 295 g/mol. The van der Waals surface area contributed by atoms with Crippen molar-refractivity contribution >= 4 is 17.5 Å². The Balaban J connectivity index is 2.16. The Hall–Kier alpha value is -1.27. The van der Waals surface area contributed by atoms with Crippen LogP contribution in [0, 0.1) is 0 Å². The second-order valence-electron chi connectivity index (χ2n) is 4.46. The Bertz CT molecular complexity index is 475. The second-order valence-corrected chi connectivity index (χ2v) is 4.77. The minimum absolute atomic E-state index is 0.218. The summed E-state index contributed by atoms with van der Waals surface area (Å²) < 4.78 is 42.6. The normalized spacial score (nSPS) is 20.0. The first-order valence-electron chi connectivity index (χ1n) is 6.05. The fraction of sp³-hybridized carbons (Fsp3) is 0.462. The van der Waals surface area contributed by atoms with E-state index in [4.69, 9.17) is 16.3 Å². The summed E-state index contributed by atoms with van der Waals surface area (Å²) in [6.45, 7) is 1.13. The Labute approximate surface area is 119 Å². The van der Waals surface area contributed by atoms with Gasteiger partial charge in [0.15, 0.2) is 0 Å². The summed E-state index contributed by atoms with van der Waals surface area (Å²) in [6, 6.07) is 3.94. The third kappa shape index (κ3) is 3.24. The van der Waals surface area contributed by atoms with Crippen LogP contribution < -0.4 is 0 Å². The van der Waals surface area contributed by atoms with Crippen molar-refractivity contribution in [3.05, 3.63) is 35.4 Å². The van der Waals surface area contributed by atoms with Crippen molar-refractivity contribution in [2.75, 3.05) is 25.6 Å². The molecule has 0 aromatic heterocycles. The highest BCUT2D eigenvalue weighted by Gasteiger charge is 2.31. The van der Waals surface area contributed by atoms with E-state index in [1.165, 1.54) is 12.1 Å². The lowest BCUT2D eigenvalue weighted by Gasteiger charge is -2.34. The maximum atomic E-state index is 12.5. The van der Waals surface area contributed by atoms with E-state index in [0.717, 1.165) is 12.1 Å². The number of ether oxygens (including phenoxy) is 1. The van der Waals surface area contributed by atoms with E-state index in [9.17, 15) is 18.0 Å². The number of amides is 1. The standard InChI is InChI=1S/C13H13ClF3NO2/c14-7-11-8-20-6-5-18(11)12(19)9-1-3-10(4-2-9)13(15,16)17/h1-4,11H,5-8H2. The molecule has 1 aromatic carbocycles. The molecule has 1 aliphatic rings. The molecule has 1 aliphatic heterocycles. The summed E-state index contributed by atoms with van der Waals surface area (Å²) in [4.78, 5) is 13.8. The molecule has 1 atom stereocenters. The number of nitrogens with zero attached hydrogens (tertiary/aromatic N) is 1. The number of halogens is 4. The molecule has 1 fully saturated rings. The molecule has 0 bridgehead atoms. The maximum Gasteiger partial charge on any atom is 0.416 e. The van der Waals surface area contributed by atoms with E-state index in [2.05, 4.69) is 0 Å². The number of hydrogen-bond donors (Lipinski definition) is 0. The van der Waals surface area contributed by atoms with Gasteiger partial charge in [-0.1, -0.05) is 0 Å². The van der Waals surface area contributed by atoms with Gasteiger partial charge in [-0.25, -0.2) is 0 Å². The average Bonchev–Trinajstić information content (AvgIpc) is 2.45. The number of benzene rings is 1. The fourth-order valence-electron chi connectivity index (χ4n) is 2.02. The summed E-state index contributed by atoms with van der Waals surface area (Å²) in [7, 11) is 0. The number of morpholine rings is 1. The predicted octanol–water partition coefficient (Wildman–Crippen LogP) is 2.79. The molecule has 2 rings (SSSR count). The molecule has 0 saturated carbocycles. The number of rotatable bonds is 2. The third-order valence-electron chi connectivity index (χ3n) is 3.13.